The Balaban J connectivity index is 1.25. The molecule has 3 heteroatoms. The fraction of sp³-hybridized carbons (Fsp3) is 0.0714. The van der Waals surface area contributed by atoms with E-state index in [1.165, 1.54) is 27.8 Å². The molecule has 9 rings (SSSR count). The molecule has 2 heterocycles. The number of ether oxygens (including phenoxy) is 1. The van der Waals surface area contributed by atoms with Crippen LogP contribution in [0.2, 0.25) is 0 Å². The zero-order valence-corrected chi connectivity index (χ0v) is 24.9. The first-order chi connectivity index (χ1) is 22.2. The lowest BCUT2D eigenvalue weighted by molar-refractivity contribution is 0.361. The minimum absolute atomic E-state index is 0.231. The first kappa shape index (κ1) is 25.8. The van der Waals surface area contributed by atoms with Crippen LogP contribution in [0.25, 0.3) is 16.8 Å². The molecule has 0 saturated heterocycles. The molecule has 0 fully saturated rings. The van der Waals surface area contributed by atoms with Gasteiger partial charge in [-0.15, -0.1) is 0 Å². The van der Waals surface area contributed by atoms with Crippen LogP contribution in [0.3, 0.4) is 0 Å². The van der Waals surface area contributed by atoms with Gasteiger partial charge in [-0.1, -0.05) is 140 Å². The first-order valence-corrected chi connectivity index (χ1v) is 15.5. The molecule has 214 valence electrons. The van der Waals surface area contributed by atoms with Gasteiger partial charge < -0.3 is 9.64 Å². The Labute approximate surface area is 263 Å². The van der Waals surface area contributed by atoms with Crippen molar-refractivity contribution >= 4 is 11.4 Å². The summed E-state index contributed by atoms with van der Waals surface area (Å²) in [5.41, 5.74) is 12.5. The molecule has 6 aromatic rings. The topological polar surface area (TPSA) is 24.8 Å². The highest BCUT2D eigenvalue weighted by Gasteiger charge is 2.51. The van der Waals surface area contributed by atoms with E-state index in [4.69, 9.17) is 9.73 Å². The third-order valence-electron chi connectivity index (χ3n) is 9.59. The zero-order valence-electron chi connectivity index (χ0n) is 24.9. The Kier molecular flexibility index (Phi) is 5.69. The highest BCUT2D eigenvalue weighted by Crippen LogP contribution is 2.62. The van der Waals surface area contributed by atoms with Gasteiger partial charge in [-0.25, -0.2) is 0 Å². The number of aliphatic imine (C=N–C) groups is 1. The van der Waals surface area contributed by atoms with Crippen LogP contribution in [-0.2, 0) is 5.41 Å². The normalized spacial score (nSPS) is 16.9. The van der Waals surface area contributed by atoms with Gasteiger partial charge in [0.15, 0.2) is 0 Å². The van der Waals surface area contributed by atoms with E-state index >= 15 is 0 Å². The van der Waals surface area contributed by atoms with Crippen molar-refractivity contribution in [3.8, 4) is 22.6 Å². The van der Waals surface area contributed by atoms with Crippen LogP contribution in [0.15, 0.2) is 163 Å². The van der Waals surface area contributed by atoms with Crippen molar-refractivity contribution in [3.63, 3.8) is 0 Å². The molecular weight excluding hydrogens is 548 g/mol. The Morgan fingerprint density at radius 2 is 1.11 bits per heavy atom. The van der Waals surface area contributed by atoms with Crippen molar-refractivity contribution in [3.05, 3.63) is 197 Å². The average molecular weight is 579 g/mol. The van der Waals surface area contributed by atoms with Gasteiger partial charge >= 0.3 is 0 Å². The summed E-state index contributed by atoms with van der Waals surface area (Å²) < 4.78 is 6.80. The molecule has 1 aliphatic carbocycles. The second-order valence-electron chi connectivity index (χ2n) is 12.0. The molecule has 0 radical (unpaired) electrons. The zero-order chi connectivity index (χ0) is 30.0. The molecule has 3 aliphatic rings. The number of fused-ring (bicyclic) bond motifs is 9. The molecule has 1 unspecified atom stereocenters. The Morgan fingerprint density at radius 3 is 1.80 bits per heavy atom. The molecule has 0 aromatic heterocycles. The molecule has 1 spiro atoms. The monoisotopic (exact) mass is 578 g/mol. The van der Waals surface area contributed by atoms with Gasteiger partial charge in [-0.3, -0.25) is 4.99 Å². The molecule has 1 atom stereocenters. The number of benzene rings is 6. The van der Waals surface area contributed by atoms with E-state index in [1.54, 1.807) is 0 Å². The van der Waals surface area contributed by atoms with E-state index in [-0.39, 0.29) is 6.17 Å². The maximum absolute atomic E-state index is 6.80. The molecule has 6 aromatic carbocycles. The lowest BCUT2D eigenvalue weighted by Gasteiger charge is -2.40. The highest BCUT2D eigenvalue weighted by atomic mass is 16.5. The van der Waals surface area contributed by atoms with Crippen LogP contribution >= 0.6 is 0 Å². The van der Waals surface area contributed by atoms with Crippen LogP contribution in [0.5, 0.6) is 11.5 Å². The van der Waals surface area contributed by atoms with Crippen LogP contribution in [0, 0.1) is 0 Å². The summed E-state index contributed by atoms with van der Waals surface area (Å²) >= 11 is 0. The van der Waals surface area contributed by atoms with Gasteiger partial charge in [0.1, 0.15) is 17.7 Å². The smallest absolute Gasteiger partial charge is 0.147 e. The maximum atomic E-state index is 6.80. The standard InChI is InChI=1S/C42H30N2O/c1-44-38(29-16-6-3-7-17-29)27-37(28-14-4-2-5-15-28)43-41(44)30-24-25-36-40(26-30)45-39-23-13-12-22-35(39)42(36)33-20-10-8-18-31(33)32-19-9-11-21-34(32)42/h2-27,41H,1H3. The summed E-state index contributed by atoms with van der Waals surface area (Å²) in [6, 6.07) is 54.0. The molecule has 0 amide bonds. The van der Waals surface area contributed by atoms with Gasteiger partial charge in [0.25, 0.3) is 0 Å². The van der Waals surface area contributed by atoms with Gasteiger partial charge in [0.2, 0.25) is 0 Å². The van der Waals surface area contributed by atoms with Crippen LogP contribution < -0.4 is 4.74 Å². The van der Waals surface area contributed by atoms with Crippen molar-refractivity contribution in [1.29, 1.82) is 0 Å². The fourth-order valence-electron chi connectivity index (χ4n) is 7.62. The Morgan fingerprint density at radius 1 is 0.556 bits per heavy atom. The second kappa shape index (κ2) is 9.93. The first-order valence-electron chi connectivity index (χ1n) is 15.5. The summed E-state index contributed by atoms with van der Waals surface area (Å²) in [7, 11) is 2.13. The number of hydrogen-bond acceptors (Lipinski definition) is 3. The summed E-state index contributed by atoms with van der Waals surface area (Å²) in [6.45, 7) is 0. The molecule has 2 aliphatic heterocycles. The van der Waals surface area contributed by atoms with E-state index < -0.39 is 5.41 Å². The van der Waals surface area contributed by atoms with Crippen molar-refractivity contribution in [2.45, 2.75) is 11.6 Å². The largest absolute Gasteiger partial charge is 0.457 e. The maximum Gasteiger partial charge on any atom is 0.147 e. The van der Waals surface area contributed by atoms with E-state index in [0.717, 1.165) is 45.2 Å². The molecule has 0 bridgehead atoms. The summed E-state index contributed by atoms with van der Waals surface area (Å²) in [6.07, 6.45) is 1.97. The summed E-state index contributed by atoms with van der Waals surface area (Å²) in [4.78, 5) is 7.62. The summed E-state index contributed by atoms with van der Waals surface area (Å²) in [5.74, 6) is 1.77. The van der Waals surface area contributed by atoms with Gasteiger partial charge in [-0.05, 0) is 51.6 Å². The predicted molar refractivity (Wildman–Crippen MR) is 182 cm³/mol. The highest BCUT2D eigenvalue weighted by molar-refractivity contribution is 6.13. The number of nitrogens with zero attached hydrogens (tertiary/aromatic N) is 2. The van der Waals surface area contributed by atoms with Crippen molar-refractivity contribution in [2.75, 3.05) is 7.05 Å². The fourth-order valence-corrected chi connectivity index (χ4v) is 7.62. The van der Waals surface area contributed by atoms with E-state index in [2.05, 4.69) is 164 Å². The third kappa shape index (κ3) is 3.74. The predicted octanol–water partition coefficient (Wildman–Crippen LogP) is 9.63. The van der Waals surface area contributed by atoms with Crippen LogP contribution in [0.1, 0.15) is 45.1 Å². The lowest BCUT2D eigenvalue weighted by atomic mass is 9.66. The van der Waals surface area contributed by atoms with Crippen molar-refractivity contribution < 1.29 is 4.74 Å². The van der Waals surface area contributed by atoms with E-state index in [0.29, 0.717) is 0 Å². The third-order valence-corrected chi connectivity index (χ3v) is 9.59. The average Bonchev–Trinajstić information content (AvgIpc) is 3.40. The van der Waals surface area contributed by atoms with Gasteiger partial charge in [0.05, 0.1) is 11.1 Å². The SMILES string of the molecule is CN1C(c2ccccc2)=CC(c2ccccc2)=NC1c1ccc2c(c1)Oc1ccccc1C21c2ccccc2-c2ccccc21. The second-order valence-corrected chi connectivity index (χ2v) is 12.0. The van der Waals surface area contributed by atoms with Gasteiger partial charge in [0, 0.05) is 29.4 Å². The number of allylic oxidation sites excluding steroid dienone is 1. The van der Waals surface area contributed by atoms with E-state index in [1.807, 2.05) is 6.07 Å². The minimum atomic E-state index is -0.470. The molecular formula is C42H30N2O. The molecule has 0 N–H and O–H groups in total. The van der Waals surface area contributed by atoms with Crippen LogP contribution in [-0.4, -0.2) is 17.7 Å². The quantitative estimate of drug-likeness (QED) is 0.209. The van der Waals surface area contributed by atoms with Crippen molar-refractivity contribution in [2.24, 2.45) is 4.99 Å². The van der Waals surface area contributed by atoms with Crippen molar-refractivity contribution in [1.82, 2.24) is 4.90 Å². The summed E-state index contributed by atoms with van der Waals surface area (Å²) in [5, 5.41) is 0. The molecule has 0 saturated carbocycles. The Hall–Kier alpha value is -5.67. The number of para-hydroxylation sites is 1. The Bertz CT molecular complexity index is 2120. The van der Waals surface area contributed by atoms with Gasteiger partial charge in [-0.2, -0.15) is 0 Å². The van der Waals surface area contributed by atoms with E-state index in [9.17, 15) is 0 Å². The number of rotatable bonds is 3. The lowest BCUT2D eigenvalue weighted by Crippen LogP contribution is -2.32. The molecule has 45 heavy (non-hydrogen) atoms. The number of hydrogen-bond donors (Lipinski definition) is 0. The van der Waals surface area contributed by atoms with Crippen LogP contribution in [0.4, 0.5) is 0 Å². The minimum Gasteiger partial charge on any atom is -0.457 e. The molecule has 3 nitrogen and oxygen atoms in total.